The molecule has 7 nitrogen and oxygen atoms in total. The van der Waals surface area contributed by atoms with E-state index in [9.17, 15) is 0 Å². The van der Waals surface area contributed by atoms with Gasteiger partial charge in [-0.2, -0.15) is 0 Å². The Balaban J connectivity index is 1.64. The number of guanidine groups is 1. The minimum Gasteiger partial charge on any atom is -0.376 e. The molecular weight excluding hydrogens is 282 g/mol. The molecule has 3 aliphatic heterocycles. The standard InChI is InChI=1S/C15H19N5O2/c1-19-5-3-12(11-2-4-16-10-17-11)18-15(19)20-6-7-22-14-9-21-8-13(14)20/h2-4,10,13-14H,5-9H2,1H3/t13-,14-/m1/s1. The third kappa shape index (κ3) is 2.36. The number of ether oxygens (including phenoxy) is 2. The van der Waals surface area contributed by atoms with Crippen LogP contribution in [0.2, 0.25) is 0 Å². The van der Waals surface area contributed by atoms with Crippen LogP contribution in [0.25, 0.3) is 5.70 Å². The molecule has 2 atom stereocenters. The molecule has 7 heteroatoms. The fourth-order valence-electron chi connectivity index (χ4n) is 3.12. The average molecular weight is 301 g/mol. The summed E-state index contributed by atoms with van der Waals surface area (Å²) in [4.78, 5) is 17.6. The second-order valence-electron chi connectivity index (χ2n) is 5.68. The number of rotatable bonds is 1. The van der Waals surface area contributed by atoms with Crippen molar-refractivity contribution in [3.05, 3.63) is 30.4 Å². The molecule has 1 aromatic rings. The van der Waals surface area contributed by atoms with Crippen molar-refractivity contribution >= 4 is 11.7 Å². The van der Waals surface area contributed by atoms with E-state index in [1.165, 1.54) is 0 Å². The summed E-state index contributed by atoms with van der Waals surface area (Å²) in [6.45, 7) is 3.74. The topological polar surface area (TPSA) is 63.1 Å². The molecule has 2 saturated heterocycles. The van der Waals surface area contributed by atoms with Crippen molar-refractivity contribution in [1.82, 2.24) is 19.8 Å². The zero-order chi connectivity index (χ0) is 14.9. The third-order valence-electron chi connectivity index (χ3n) is 4.29. The molecule has 22 heavy (non-hydrogen) atoms. The highest BCUT2D eigenvalue weighted by Crippen LogP contribution is 2.25. The van der Waals surface area contributed by atoms with Crippen LogP contribution in [0, 0.1) is 0 Å². The van der Waals surface area contributed by atoms with Crippen molar-refractivity contribution in [3.8, 4) is 0 Å². The molecular formula is C15H19N5O2. The summed E-state index contributed by atoms with van der Waals surface area (Å²) >= 11 is 0. The lowest BCUT2D eigenvalue weighted by Crippen LogP contribution is -2.57. The second-order valence-corrected chi connectivity index (χ2v) is 5.68. The smallest absolute Gasteiger partial charge is 0.202 e. The van der Waals surface area contributed by atoms with E-state index in [2.05, 4.69) is 32.9 Å². The first-order valence-electron chi connectivity index (χ1n) is 7.55. The monoisotopic (exact) mass is 301 g/mol. The summed E-state index contributed by atoms with van der Waals surface area (Å²) in [6.07, 6.45) is 5.54. The van der Waals surface area contributed by atoms with Crippen LogP contribution in [0.3, 0.4) is 0 Å². The molecule has 0 unspecified atom stereocenters. The fourth-order valence-corrected chi connectivity index (χ4v) is 3.12. The van der Waals surface area contributed by atoms with Gasteiger partial charge in [-0.1, -0.05) is 0 Å². The van der Waals surface area contributed by atoms with E-state index in [0.29, 0.717) is 19.8 Å². The van der Waals surface area contributed by atoms with Crippen LogP contribution in [0.1, 0.15) is 5.69 Å². The molecule has 0 saturated carbocycles. The van der Waals surface area contributed by atoms with E-state index in [0.717, 1.165) is 30.4 Å². The van der Waals surface area contributed by atoms with Crippen molar-refractivity contribution < 1.29 is 9.47 Å². The number of likely N-dealkylation sites (N-methyl/N-ethyl adjacent to an activating group) is 1. The van der Waals surface area contributed by atoms with Gasteiger partial charge in [-0.3, -0.25) is 0 Å². The lowest BCUT2D eigenvalue weighted by molar-refractivity contribution is -0.0265. The number of aromatic nitrogens is 2. The van der Waals surface area contributed by atoms with Gasteiger partial charge >= 0.3 is 0 Å². The molecule has 3 aliphatic rings. The van der Waals surface area contributed by atoms with Crippen LogP contribution in [0.5, 0.6) is 0 Å². The molecule has 116 valence electrons. The molecule has 0 aromatic carbocycles. The fraction of sp³-hybridized carbons (Fsp3) is 0.533. The maximum Gasteiger partial charge on any atom is 0.202 e. The maximum absolute atomic E-state index is 5.79. The number of aliphatic imine (C=N–C) groups is 1. The minimum atomic E-state index is 0.151. The van der Waals surface area contributed by atoms with Gasteiger partial charge in [-0.25, -0.2) is 15.0 Å². The largest absolute Gasteiger partial charge is 0.376 e. The van der Waals surface area contributed by atoms with Gasteiger partial charge in [0.1, 0.15) is 12.4 Å². The van der Waals surface area contributed by atoms with Crippen molar-refractivity contribution in [3.63, 3.8) is 0 Å². The normalized spacial score (nSPS) is 28.2. The molecule has 4 heterocycles. The van der Waals surface area contributed by atoms with Crippen LogP contribution in [0.4, 0.5) is 0 Å². The number of hydrogen-bond acceptors (Lipinski definition) is 7. The molecule has 2 fully saturated rings. The van der Waals surface area contributed by atoms with E-state index in [1.807, 2.05) is 6.07 Å². The van der Waals surface area contributed by atoms with Gasteiger partial charge in [0.15, 0.2) is 0 Å². The van der Waals surface area contributed by atoms with Crippen LogP contribution in [0.15, 0.2) is 29.7 Å². The summed E-state index contributed by atoms with van der Waals surface area (Å²) < 4.78 is 11.4. The van der Waals surface area contributed by atoms with E-state index in [4.69, 9.17) is 14.5 Å². The lowest BCUT2D eigenvalue weighted by atomic mass is 10.1. The first-order valence-corrected chi connectivity index (χ1v) is 7.55. The first kappa shape index (κ1) is 13.7. The van der Waals surface area contributed by atoms with Gasteiger partial charge in [0.05, 0.1) is 37.3 Å². The molecule has 0 amide bonds. The molecule has 0 spiro atoms. The second kappa shape index (κ2) is 5.66. The van der Waals surface area contributed by atoms with Crippen LogP contribution < -0.4 is 0 Å². The molecule has 4 rings (SSSR count). The predicted octanol–water partition coefficient (Wildman–Crippen LogP) is 0.218. The highest BCUT2D eigenvalue weighted by atomic mass is 16.6. The van der Waals surface area contributed by atoms with E-state index < -0.39 is 0 Å². The van der Waals surface area contributed by atoms with Gasteiger partial charge in [-0.15, -0.1) is 0 Å². The highest BCUT2D eigenvalue weighted by Gasteiger charge is 2.39. The zero-order valence-electron chi connectivity index (χ0n) is 12.6. The van der Waals surface area contributed by atoms with E-state index in [-0.39, 0.29) is 12.1 Å². The minimum absolute atomic E-state index is 0.151. The first-order chi connectivity index (χ1) is 10.8. The predicted molar refractivity (Wildman–Crippen MR) is 81.1 cm³/mol. The Labute approximate surface area is 129 Å². The van der Waals surface area contributed by atoms with Gasteiger partial charge < -0.3 is 19.3 Å². The van der Waals surface area contributed by atoms with E-state index >= 15 is 0 Å². The Bertz CT molecular complexity index is 603. The Morgan fingerprint density at radius 3 is 3.14 bits per heavy atom. The van der Waals surface area contributed by atoms with Crippen LogP contribution in [-0.2, 0) is 9.47 Å². The maximum atomic E-state index is 5.79. The summed E-state index contributed by atoms with van der Waals surface area (Å²) in [5.41, 5.74) is 1.76. The van der Waals surface area contributed by atoms with Gasteiger partial charge in [0.25, 0.3) is 0 Å². The van der Waals surface area contributed by atoms with Gasteiger partial charge in [-0.05, 0) is 12.1 Å². The molecule has 0 radical (unpaired) electrons. The zero-order valence-corrected chi connectivity index (χ0v) is 12.6. The Kier molecular flexibility index (Phi) is 3.51. The van der Waals surface area contributed by atoms with E-state index in [1.54, 1.807) is 12.5 Å². The summed E-state index contributed by atoms with van der Waals surface area (Å²) in [5, 5.41) is 0. The number of nitrogens with zero attached hydrogens (tertiary/aromatic N) is 5. The number of fused-ring (bicyclic) bond motifs is 1. The Morgan fingerprint density at radius 1 is 1.32 bits per heavy atom. The lowest BCUT2D eigenvalue weighted by Gasteiger charge is -2.41. The molecule has 0 bridgehead atoms. The van der Waals surface area contributed by atoms with Crippen molar-refractivity contribution in [2.75, 3.05) is 40.0 Å². The summed E-state index contributed by atoms with van der Waals surface area (Å²) in [5.74, 6) is 0.972. The summed E-state index contributed by atoms with van der Waals surface area (Å²) in [6, 6.07) is 2.14. The molecule has 1 aromatic heterocycles. The van der Waals surface area contributed by atoms with Crippen molar-refractivity contribution in [2.24, 2.45) is 4.99 Å². The van der Waals surface area contributed by atoms with Crippen molar-refractivity contribution in [1.29, 1.82) is 0 Å². The van der Waals surface area contributed by atoms with Crippen LogP contribution >= 0.6 is 0 Å². The van der Waals surface area contributed by atoms with Gasteiger partial charge in [0, 0.05) is 26.3 Å². The molecule has 0 aliphatic carbocycles. The Morgan fingerprint density at radius 2 is 2.27 bits per heavy atom. The number of hydrogen-bond donors (Lipinski definition) is 0. The molecule has 0 N–H and O–H groups in total. The average Bonchev–Trinajstić information content (AvgIpc) is 3.05. The quantitative estimate of drug-likeness (QED) is 0.739. The van der Waals surface area contributed by atoms with Crippen molar-refractivity contribution in [2.45, 2.75) is 12.1 Å². The third-order valence-corrected chi connectivity index (χ3v) is 4.29. The highest BCUT2D eigenvalue weighted by molar-refractivity contribution is 5.88. The van der Waals surface area contributed by atoms with Crippen LogP contribution in [-0.4, -0.2) is 77.8 Å². The number of morpholine rings is 1. The SMILES string of the molecule is CN1CC=C(c2ccncn2)N=C1N1CCO[C@@H]2COC[C@H]21. The summed E-state index contributed by atoms with van der Waals surface area (Å²) in [7, 11) is 2.06. The van der Waals surface area contributed by atoms with Gasteiger partial charge in [0.2, 0.25) is 5.96 Å². The Hall–Kier alpha value is -1.99.